The lowest BCUT2D eigenvalue weighted by atomic mass is 10.1. The number of carbonyl (C=O) groups is 2. The predicted molar refractivity (Wildman–Crippen MR) is 85.4 cm³/mol. The predicted octanol–water partition coefficient (Wildman–Crippen LogP) is 1.42. The highest BCUT2D eigenvalue weighted by Gasteiger charge is 2.22. The summed E-state index contributed by atoms with van der Waals surface area (Å²) in [6.07, 6.45) is 1.24. The zero-order valence-corrected chi connectivity index (χ0v) is 13.0. The summed E-state index contributed by atoms with van der Waals surface area (Å²) in [5.74, 6) is -1.81. The number of methoxy groups -OCH3 is 1. The number of carboxylic acids is 1. The number of hydrogen-bond donors (Lipinski definition) is 3. The zero-order chi connectivity index (χ0) is 18.0. The average Bonchev–Trinajstić information content (AvgIpc) is 3.05. The van der Waals surface area contributed by atoms with E-state index in [2.05, 4.69) is 15.5 Å². The van der Waals surface area contributed by atoms with Crippen molar-refractivity contribution < 1.29 is 29.1 Å². The molecule has 2 aromatic heterocycles. The number of benzene rings is 1. The molecule has 128 valence electrons. The fraction of sp³-hybridized carbons (Fsp3) is 0.125. The average molecular weight is 343 g/mol. The molecule has 3 N–H and O–H groups in total. The molecule has 0 saturated heterocycles. The Balaban J connectivity index is 2.05. The SMILES string of the molecule is COc1ccc(-c2noc3cnc(C(=O)NCC(=O)O)c(O)c23)cc1. The minimum absolute atomic E-state index is 0.193. The van der Waals surface area contributed by atoms with Crippen molar-refractivity contribution in [2.45, 2.75) is 0 Å². The second kappa shape index (κ2) is 6.48. The molecule has 0 spiro atoms. The van der Waals surface area contributed by atoms with Crippen molar-refractivity contribution in [3.63, 3.8) is 0 Å². The van der Waals surface area contributed by atoms with Gasteiger partial charge in [0.15, 0.2) is 17.0 Å². The van der Waals surface area contributed by atoms with Gasteiger partial charge in [0.25, 0.3) is 5.91 Å². The molecule has 25 heavy (non-hydrogen) atoms. The topological polar surface area (TPSA) is 135 Å². The summed E-state index contributed by atoms with van der Waals surface area (Å²) >= 11 is 0. The third-order valence-corrected chi connectivity index (χ3v) is 3.47. The van der Waals surface area contributed by atoms with E-state index in [1.165, 1.54) is 6.20 Å². The third kappa shape index (κ3) is 3.07. The summed E-state index contributed by atoms with van der Waals surface area (Å²) in [5, 5.41) is 25.3. The second-order valence-corrected chi connectivity index (χ2v) is 5.03. The maximum Gasteiger partial charge on any atom is 0.322 e. The molecular weight excluding hydrogens is 330 g/mol. The van der Waals surface area contributed by atoms with Gasteiger partial charge in [-0.1, -0.05) is 5.16 Å². The Bertz CT molecular complexity index is 948. The van der Waals surface area contributed by atoms with Crippen molar-refractivity contribution >= 4 is 22.8 Å². The Labute approximate surface area is 140 Å². The fourth-order valence-corrected chi connectivity index (χ4v) is 2.27. The van der Waals surface area contributed by atoms with Gasteiger partial charge in [-0.2, -0.15) is 0 Å². The number of amides is 1. The molecule has 0 saturated carbocycles. The molecule has 1 aromatic carbocycles. The Morgan fingerprint density at radius 2 is 2.00 bits per heavy atom. The first kappa shape index (κ1) is 16.2. The van der Waals surface area contributed by atoms with Gasteiger partial charge in [-0.25, -0.2) is 4.98 Å². The number of ether oxygens (including phenoxy) is 1. The van der Waals surface area contributed by atoms with Gasteiger partial charge < -0.3 is 24.8 Å². The summed E-state index contributed by atoms with van der Waals surface area (Å²) in [6, 6.07) is 6.88. The molecule has 0 aliphatic rings. The lowest BCUT2D eigenvalue weighted by molar-refractivity contribution is -0.135. The number of carboxylic acid groups (broad SMARTS) is 1. The van der Waals surface area contributed by atoms with E-state index in [4.69, 9.17) is 14.4 Å². The summed E-state index contributed by atoms with van der Waals surface area (Å²) in [4.78, 5) is 26.4. The van der Waals surface area contributed by atoms with Crippen LogP contribution in [0.2, 0.25) is 0 Å². The van der Waals surface area contributed by atoms with E-state index in [0.29, 0.717) is 17.0 Å². The van der Waals surface area contributed by atoms with Crippen LogP contribution >= 0.6 is 0 Å². The number of fused-ring (bicyclic) bond motifs is 1. The molecule has 0 atom stereocenters. The van der Waals surface area contributed by atoms with Crippen LogP contribution in [0, 0.1) is 0 Å². The van der Waals surface area contributed by atoms with Crippen LogP contribution in [-0.4, -0.2) is 45.9 Å². The van der Waals surface area contributed by atoms with Crippen LogP contribution in [0.1, 0.15) is 10.5 Å². The Morgan fingerprint density at radius 1 is 1.28 bits per heavy atom. The lowest BCUT2D eigenvalue weighted by Gasteiger charge is -2.05. The van der Waals surface area contributed by atoms with Crippen molar-refractivity contribution in [2.75, 3.05) is 13.7 Å². The normalized spacial score (nSPS) is 10.6. The number of nitrogens with one attached hydrogen (secondary N) is 1. The first-order valence-corrected chi connectivity index (χ1v) is 7.13. The summed E-state index contributed by atoms with van der Waals surface area (Å²) in [5.41, 5.74) is 0.840. The number of pyridine rings is 1. The molecule has 0 unspecified atom stereocenters. The van der Waals surface area contributed by atoms with E-state index in [0.717, 1.165) is 0 Å². The lowest BCUT2D eigenvalue weighted by Crippen LogP contribution is -2.29. The van der Waals surface area contributed by atoms with Crippen LogP contribution in [0.15, 0.2) is 35.0 Å². The van der Waals surface area contributed by atoms with Gasteiger partial charge >= 0.3 is 5.97 Å². The molecule has 0 bridgehead atoms. The molecule has 0 aliphatic carbocycles. The minimum Gasteiger partial charge on any atom is -0.505 e. The molecule has 3 rings (SSSR count). The number of aromatic hydroxyl groups is 1. The first-order chi connectivity index (χ1) is 12.0. The standard InChI is InChI=1S/C16H13N3O6/c1-24-9-4-2-8(3-5-9)13-12-10(25-19-13)6-17-14(15(12)22)16(23)18-7-11(20)21/h2-6,22H,7H2,1H3,(H,18,23)(H,20,21). The highest BCUT2D eigenvalue weighted by molar-refractivity contribution is 6.05. The van der Waals surface area contributed by atoms with Crippen molar-refractivity contribution in [3.05, 3.63) is 36.2 Å². The third-order valence-electron chi connectivity index (χ3n) is 3.47. The van der Waals surface area contributed by atoms with E-state index in [-0.39, 0.29) is 16.7 Å². The highest BCUT2D eigenvalue weighted by Crippen LogP contribution is 2.36. The van der Waals surface area contributed by atoms with Crippen LogP contribution in [0.25, 0.3) is 22.2 Å². The maximum absolute atomic E-state index is 12.0. The van der Waals surface area contributed by atoms with E-state index >= 15 is 0 Å². The van der Waals surface area contributed by atoms with Gasteiger partial charge in [0.2, 0.25) is 0 Å². The first-order valence-electron chi connectivity index (χ1n) is 7.13. The number of aliphatic carboxylic acids is 1. The van der Waals surface area contributed by atoms with E-state index in [1.54, 1.807) is 31.4 Å². The molecular formula is C16H13N3O6. The van der Waals surface area contributed by atoms with Gasteiger partial charge in [-0.3, -0.25) is 9.59 Å². The molecule has 2 heterocycles. The van der Waals surface area contributed by atoms with E-state index in [1.807, 2.05) is 0 Å². The van der Waals surface area contributed by atoms with E-state index in [9.17, 15) is 14.7 Å². The van der Waals surface area contributed by atoms with Gasteiger partial charge in [0, 0.05) is 5.56 Å². The highest BCUT2D eigenvalue weighted by atomic mass is 16.5. The number of aromatic nitrogens is 2. The number of carbonyl (C=O) groups excluding carboxylic acids is 1. The van der Waals surface area contributed by atoms with Crippen LogP contribution in [0.4, 0.5) is 0 Å². The quantitative estimate of drug-likeness (QED) is 0.633. The maximum atomic E-state index is 12.0. The van der Waals surface area contributed by atoms with Crippen LogP contribution in [-0.2, 0) is 4.79 Å². The Kier molecular flexibility index (Phi) is 4.21. The van der Waals surface area contributed by atoms with Crippen molar-refractivity contribution in [2.24, 2.45) is 0 Å². The Hall–Kier alpha value is -3.62. The monoisotopic (exact) mass is 343 g/mol. The molecule has 1 amide bonds. The number of nitrogens with zero attached hydrogens (tertiary/aromatic N) is 2. The van der Waals surface area contributed by atoms with Gasteiger partial charge in [-0.05, 0) is 24.3 Å². The van der Waals surface area contributed by atoms with Gasteiger partial charge in [-0.15, -0.1) is 0 Å². The molecule has 0 fully saturated rings. The molecule has 9 nitrogen and oxygen atoms in total. The van der Waals surface area contributed by atoms with Gasteiger partial charge in [0.05, 0.1) is 18.7 Å². The Morgan fingerprint density at radius 3 is 2.64 bits per heavy atom. The summed E-state index contributed by atoms with van der Waals surface area (Å²) in [7, 11) is 1.54. The smallest absolute Gasteiger partial charge is 0.322 e. The largest absolute Gasteiger partial charge is 0.505 e. The van der Waals surface area contributed by atoms with Crippen molar-refractivity contribution in [3.8, 4) is 22.8 Å². The van der Waals surface area contributed by atoms with E-state index < -0.39 is 24.2 Å². The molecule has 0 radical (unpaired) electrons. The van der Waals surface area contributed by atoms with Crippen molar-refractivity contribution in [1.29, 1.82) is 0 Å². The van der Waals surface area contributed by atoms with Crippen LogP contribution in [0.5, 0.6) is 11.5 Å². The molecule has 3 aromatic rings. The van der Waals surface area contributed by atoms with Crippen LogP contribution in [0.3, 0.4) is 0 Å². The fourth-order valence-electron chi connectivity index (χ4n) is 2.27. The zero-order valence-electron chi connectivity index (χ0n) is 13.0. The summed E-state index contributed by atoms with van der Waals surface area (Å²) in [6.45, 7) is -0.590. The van der Waals surface area contributed by atoms with Crippen LogP contribution < -0.4 is 10.1 Å². The summed E-state index contributed by atoms with van der Waals surface area (Å²) < 4.78 is 10.2. The van der Waals surface area contributed by atoms with Gasteiger partial charge in [0.1, 0.15) is 18.0 Å². The molecule has 0 aliphatic heterocycles. The second-order valence-electron chi connectivity index (χ2n) is 5.03. The number of rotatable bonds is 5. The van der Waals surface area contributed by atoms with Crippen molar-refractivity contribution in [1.82, 2.24) is 15.5 Å². The minimum atomic E-state index is -1.21. The molecule has 9 heteroatoms. The number of hydrogen-bond acceptors (Lipinski definition) is 7.